The number of carbonyl (C=O) groups is 1. The van der Waals surface area contributed by atoms with Gasteiger partial charge in [-0.2, -0.15) is 0 Å². The highest BCUT2D eigenvalue weighted by atomic mass is 32.1. The van der Waals surface area contributed by atoms with E-state index in [2.05, 4.69) is 54.4 Å². The van der Waals surface area contributed by atoms with E-state index in [4.69, 9.17) is 9.15 Å². The zero-order chi connectivity index (χ0) is 20.2. The predicted octanol–water partition coefficient (Wildman–Crippen LogP) is 4.89. The minimum absolute atomic E-state index is 0.0722. The van der Waals surface area contributed by atoms with Crippen LogP contribution in [0.25, 0.3) is 0 Å². The molecule has 1 atom stereocenters. The van der Waals surface area contributed by atoms with Gasteiger partial charge in [-0.25, -0.2) is 0 Å². The summed E-state index contributed by atoms with van der Waals surface area (Å²) in [4.78, 5) is 16.4. The van der Waals surface area contributed by atoms with Gasteiger partial charge in [0, 0.05) is 23.5 Å². The predicted molar refractivity (Wildman–Crippen MR) is 116 cm³/mol. The third-order valence-corrected chi connectivity index (χ3v) is 6.44. The van der Waals surface area contributed by atoms with Crippen molar-refractivity contribution in [3.8, 4) is 0 Å². The molecule has 0 bridgehead atoms. The van der Waals surface area contributed by atoms with Crippen LogP contribution in [-0.4, -0.2) is 37.1 Å². The van der Waals surface area contributed by atoms with Crippen molar-refractivity contribution in [3.05, 3.63) is 76.1 Å². The number of anilines is 1. The molecule has 0 spiro atoms. The van der Waals surface area contributed by atoms with Crippen LogP contribution in [0.2, 0.25) is 0 Å². The van der Waals surface area contributed by atoms with Crippen molar-refractivity contribution in [2.45, 2.75) is 26.3 Å². The number of morpholine rings is 1. The highest BCUT2D eigenvalue weighted by Gasteiger charge is 2.28. The number of nitrogens with zero attached hydrogens (tertiary/aromatic N) is 1. The Morgan fingerprint density at radius 2 is 1.97 bits per heavy atom. The van der Waals surface area contributed by atoms with Crippen LogP contribution in [0, 0.1) is 6.92 Å². The molecule has 1 N–H and O–H groups in total. The van der Waals surface area contributed by atoms with Crippen molar-refractivity contribution in [1.29, 1.82) is 0 Å². The van der Waals surface area contributed by atoms with E-state index < -0.39 is 0 Å². The van der Waals surface area contributed by atoms with E-state index in [1.165, 1.54) is 22.3 Å². The first kappa shape index (κ1) is 19.9. The molecule has 3 heterocycles. The Hall–Kier alpha value is -2.41. The monoisotopic (exact) mass is 410 g/mol. The highest BCUT2D eigenvalue weighted by molar-refractivity contribution is 7.16. The largest absolute Gasteiger partial charge is 0.459 e. The van der Waals surface area contributed by atoms with E-state index in [0.29, 0.717) is 5.76 Å². The molecule has 6 heteroatoms. The molecule has 3 aromatic rings. The van der Waals surface area contributed by atoms with Gasteiger partial charge >= 0.3 is 0 Å². The Bertz CT molecular complexity index is 941. The summed E-state index contributed by atoms with van der Waals surface area (Å²) in [6.45, 7) is 7.41. The van der Waals surface area contributed by atoms with Gasteiger partial charge in [-0.1, -0.05) is 36.8 Å². The normalized spacial score (nSPS) is 15.9. The van der Waals surface area contributed by atoms with Crippen LogP contribution in [0.15, 0.2) is 53.1 Å². The summed E-state index contributed by atoms with van der Waals surface area (Å²) in [6, 6.07) is 14.4. The molecule has 0 saturated carbocycles. The number of benzene rings is 1. The maximum atomic E-state index is 12.7. The summed E-state index contributed by atoms with van der Waals surface area (Å²) < 4.78 is 10.9. The van der Waals surface area contributed by atoms with Crippen LogP contribution >= 0.6 is 11.3 Å². The second-order valence-electron chi connectivity index (χ2n) is 7.24. The SMILES string of the molecule is CCc1cc([C@H](c2ccc(C)cc2)N2CCOCC2)c(NC(=O)c2ccco2)s1. The molecule has 5 nitrogen and oxygen atoms in total. The minimum Gasteiger partial charge on any atom is -0.459 e. The zero-order valence-corrected chi connectivity index (χ0v) is 17.6. The second kappa shape index (κ2) is 8.95. The molecule has 4 rings (SSSR count). The van der Waals surface area contributed by atoms with Gasteiger partial charge < -0.3 is 14.5 Å². The summed E-state index contributed by atoms with van der Waals surface area (Å²) in [7, 11) is 0. The molecule has 1 aliphatic heterocycles. The number of rotatable bonds is 6. The van der Waals surface area contributed by atoms with Gasteiger partial charge in [0.25, 0.3) is 5.91 Å². The molecule has 1 aliphatic rings. The lowest BCUT2D eigenvalue weighted by Gasteiger charge is -2.35. The maximum absolute atomic E-state index is 12.7. The number of thiophene rings is 1. The van der Waals surface area contributed by atoms with Gasteiger partial charge in [-0.15, -0.1) is 11.3 Å². The first-order valence-electron chi connectivity index (χ1n) is 10.0. The Kier molecular flexibility index (Phi) is 6.13. The molecule has 29 heavy (non-hydrogen) atoms. The van der Waals surface area contributed by atoms with Crippen molar-refractivity contribution in [3.63, 3.8) is 0 Å². The lowest BCUT2D eigenvalue weighted by atomic mass is 9.96. The molecule has 0 unspecified atom stereocenters. The van der Waals surface area contributed by atoms with Gasteiger partial charge in [0.05, 0.1) is 25.5 Å². The Morgan fingerprint density at radius 1 is 1.21 bits per heavy atom. The van der Waals surface area contributed by atoms with Gasteiger partial charge in [-0.3, -0.25) is 9.69 Å². The third-order valence-electron chi connectivity index (χ3n) is 5.23. The van der Waals surface area contributed by atoms with Gasteiger partial charge in [-0.05, 0) is 37.1 Å². The van der Waals surface area contributed by atoms with Crippen LogP contribution in [0.4, 0.5) is 5.00 Å². The number of nitrogens with one attached hydrogen (secondary N) is 1. The average molecular weight is 411 g/mol. The van der Waals surface area contributed by atoms with Gasteiger partial charge in [0.2, 0.25) is 0 Å². The molecule has 1 aromatic carbocycles. The number of ether oxygens (including phenoxy) is 1. The number of furan rings is 1. The Balaban J connectivity index is 1.73. The fourth-order valence-electron chi connectivity index (χ4n) is 3.68. The molecule has 2 aromatic heterocycles. The van der Waals surface area contributed by atoms with Crippen LogP contribution < -0.4 is 5.32 Å². The van der Waals surface area contributed by atoms with E-state index in [0.717, 1.165) is 43.3 Å². The standard InChI is InChI=1S/C23H26N2O3S/c1-3-18-15-19(23(29-18)24-22(26)20-5-4-12-28-20)21(25-10-13-27-14-11-25)17-8-6-16(2)7-9-17/h4-9,12,15,21H,3,10-11,13-14H2,1-2H3,(H,24,26)/t21-/m0/s1. The molecule has 0 radical (unpaired) electrons. The Labute approximate surface area is 175 Å². The van der Waals surface area contributed by atoms with Crippen molar-refractivity contribution >= 4 is 22.2 Å². The first-order valence-corrected chi connectivity index (χ1v) is 10.8. The number of aryl methyl sites for hydroxylation is 2. The molecule has 0 aliphatic carbocycles. The summed E-state index contributed by atoms with van der Waals surface area (Å²) in [5, 5.41) is 3.99. The van der Waals surface area contributed by atoms with E-state index in [9.17, 15) is 4.79 Å². The van der Waals surface area contributed by atoms with E-state index in [1.54, 1.807) is 23.5 Å². The quantitative estimate of drug-likeness (QED) is 0.629. The highest BCUT2D eigenvalue weighted by Crippen LogP contribution is 2.40. The van der Waals surface area contributed by atoms with Gasteiger partial charge in [0.1, 0.15) is 5.00 Å². The second-order valence-corrected chi connectivity index (χ2v) is 8.38. The summed E-state index contributed by atoms with van der Waals surface area (Å²) in [5.74, 6) is 0.103. The van der Waals surface area contributed by atoms with Crippen LogP contribution in [0.3, 0.4) is 0 Å². The number of amides is 1. The lowest BCUT2D eigenvalue weighted by molar-refractivity contribution is 0.0241. The smallest absolute Gasteiger partial charge is 0.291 e. The van der Waals surface area contributed by atoms with Crippen molar-refractivity contribution in [2.75, 3.05) is 31.6 Å². The molecule has 152 valence electrons. The van der Waals surface area contributed by atoms with Gasteiger partial charge in [0.15, 0.2) is 5.76 Å². The van der Waals surface area contributed by atoms with E-state index in [-0.39, 0.29) is 11.9 Å². The molecule has 1 fully saturated rings. The van der Waals surface area contributed by atoms with Crippen LogP contribution in [0.5, 0.6) is 0 Å². The minimum atomic E-state index is -0.217. The lowest BCUT2D eigenvalue weighted by Crippen LogP contribution is -2.39. The van der Waals surface area contributed by atoms with Crippen molar-refractivity contribution < 1.29 is 13.9 Å². The maximum Gasteiger partial charge on any atom is 0.291 e. The molecule has 1 amide bonds. The van der Waals surface area contributed by atoms with Crippen molar-refractivity contribution in [2.24, 2.45) is 0 Å². The van der Waals surface area contributed by atoms with Crippen molar-refractivity contribution in [1.82, 2.24) is 4.90 Å². The number of carbonyl (C=O) groups excluding carboxylic acids is 1. The molecular formula is C23H26N2O3S. The van der Waals surface area contributed by atoms with E-state index in [1.807, 2.05) is 0 Å². The summed E-state index contributed by atoms with van der Waals surface area (Å²) in [6.07, 6.45) is 2.45. The summed E-state index contributed by atoms with van der Waals surface area (Å²) >= 11 is 1.64. The van der Waals surface area contributed by atoms with Crippen LogP contribution in [0.1, 0.15) is 45.1 Å². The summed E-state index contributed by atoms with van der Waals surface area (Å²) in [5.41, 5.74) is 3.60. The fraction of sp³-hybridized carbons (Fsp3) is 0.348. The Morgan fingerprint density at radius 3 is 2.62 bits per heavy atom. The molecule has 1 saturated heterocycles. The topological polar surface area (TPSA) is 54.7 Å². The molecular weight excluding hydrogens is 384 g/mol. The fourth-order valence-corrected chi connectivity index (χ4v) is 4.70. The van der Waals surface area contributed by atoms with E-state index >= 15 is 0 Å². The first-order chi connectivity index (χ1) is 14.2. The zero-order valence-electron chi connectivity index (χ0n) is 16.8. The number of hydrogen-bond donors (Lipinski definition) is 1. The van der Waals surface area contributed by atoms with Crippen LogP contribution in [-0.2, 0) is 11.2 Å². The average Bonchev–Trinajstić information content (AvgIpc) is 3.41. The third kappa shape index (κ3) is 4.45. The number of hydrogen-bond acceptors (Lipinski definition) is 5.